The molecule has 0 saturated carbocycles. The van der Waals surface area contributed by atoms with Crippen LogP contribution >= 0.6 is 12.4 Å². The Labute approximate surface area is 121 Å². The molecule has 0 aliphatic heterocycles. The number of amides is 1. The number of halogens is 1. The molecule has 106 valence electrons. The van der Waals surface area contributed by atoms with Crippen LogP contribution in [0.4, 0.5) is 0 Å². The van der Waals surface area contributed by atoms with Gasteiger partial charge in [-0.3, -0.25) is 4.79 Å². The molecule has 0 aromatic heterocycles. The van der Waals surface area contributed by atoms with Crippen LogP contribution in [-0.2, 0) is 4.79 Å². The van der Waals surface area contributed by atoms with Crippen LogP contribution in [0, 0.1) is 6.92 Å². The topological polar surface area (TPSA) is 46.3 Å². The lowest BCUT2D eigenvalue weighted by atomic mass is 10.0. The smallest absolute Gasteiger partial charge is 0.243 e. The Kier molecular flexibility index (Phi) is 8.12. The summed E-state index contributed by atoms with van der Waals surface area (Å²) in [6.45, 7) is 6.39. The molecule has 19 heavy (non-hydrogen) atoms. The lowest BCUT2D eigenvalue weighted by Gasteiger charge is -2.21. The first-order valence-electron chi connectivity index (χ1n) is 6.24. The van der Waals surface area contributed by atoms with Crippen LogP contribution in [0.5, 0.6) is 0 Å². The summed E-state index contributed by atoms with van der Waals surface area (Å²) in [5.41, 5.74) is 8.01. The molecule has 0 aliphatic rings. The molecule has 1 rings (SSSR count). The van der Waals surface area contributed by atoms with Gasteiger partial charge < -0.3 is 10.6 Å². The largest absolute Gasteiger partial charge is 0.344 e. The number of carbonyl (C=O) groups excluding carboxylic acids is 1. The van der Waals surface area contributed by atoms with E-state index in [9.17, 15) is 4.79 Å². The van der Waals surface area contributed by atoms with Gasteiger partial charge in [0, 0.05) is 13.6 Å². The van der Waals surface area contributed by atoms with E-state index in [2.05, 4.69) is 6.58 Å². The van der Waals surface area contributed by atoms with Crippen LogP contribution in [0.25, 0.3) is 0 Å². The second kappa shape index (κ2) is 8.73. The van der Waals surface area contributed by atoms with Gasteiger partial charge in [0.2, 0.25) is 5.91 Å². The number of hydrogen-bond acceptors (Lipinski definition) is 2. The van der Waals surface area contributed by atoms with E-state index in [0.29, 0.717) is 6.54 Å². The summed E-state index contributed by atoms with van der Waals surface area (Å²) in [6.07, 6.45) is 3.70. The summed E-state index contributed by atoms with van der Waals surface area (Å²) in [7, 11) is 1.79. The maximum Gasteiger partial charge on any atom is 0.243 e. The highest BCUT2D eigenvalue weighted by Crippen LogP contribution is 2.14. The normalized spacial score (nSPS) is 11.3. The Balaban J connectivity index is 0.00000324. The van der Waals surface area contributed by atoms with E-state index in [4.69, 9.17) is 5.73 Å². The molecule has 1 amide bonds. The molecule has 0 radical (unpaired) electrons. The predicted molar refractivity (Wildman–Crippen MR) is 82.4 cm³/mol. The summed E-state index contributed by atoms with van der Waals surface area (Å²) in [4.78, 5) is 13.8. The average molecular weight is 283 g/mol. The molecule has 1 unspecified atom stereocenters. The fraction of sp³-hybridized carbons (Fsp3) is 0.400. The van der Waals surface area contributed by atoms with Crippen LogP contribution < -0.4 is 5.73 Å². The monoisotopic (exact) mass is 282 g/mol. The summed E-state index contributed by atoms with van der Waals surface area (Å²) in [6, 6.07) is 7.20. The van der Waals surface area contributed by atoms with E-state index in [1.165, 1.54) is 0 Å². The van der Waals surface area contributed by atoms with Gasteiger partial charge in [-0.2, -0.15) is 0 Å². The molecule has 0 spiro atoms. The molecular weight excluding hydrogens is 260 g/mol. The van der Waals surface area contributed by atoms with Gasteiger partial charge in [-0.25, -0.2) is 0 Å². The number of unbranched alkanes of at least 4 members (excludes halogenated alkanes) is 1. The Morgan fingerprint density at radius 1 is 1.42 bits per heavy atom. The maximum absolute atomic E-state index is 12.1. The molecule has 0 bridgehead atoms. The fourth-order valence-corrected chi connectivity index (χ4v) is 1.74. The quantitative estimate of drug-likeness (QED) is 0.644. The van der Waals surface area contributed by atoms with Crippen LogP contribution in [-0.4, -0.2) is 24.4 Å². The maximum atomic E-state index is 12.1. The van der Waals surface area contributed by atoms with Crippen molar-refractivity contribution in [3.8, 4) is 0 Å². The Morgan fingerprint density at radius 2 is 2.00 bits per heavy atom. The molecule has 1 atom stereocenters. The lowest BCUT2D eigenvalue weighted by molar-refractivity contribution is -0.131. The number of nitrogens with zero attached hydrogens (tertiary/aromatic N) is 1. The second-order valence-corrected chi connectivity index (χ2v) is 4.58. The zero-order valence-electron chi connectivity index (χ0n) is 11.6. The molecule has 1 aromatic rings. The summed E-state index contributed by atoms with van der Waals surface area (Å²) < 4.78 is 0. The Bertz CT molecular complexity index is 403. The Hall–Kier alpha value is -1.32. The summed E-state index contributed by atoms with van der Waals surface area (Å²) in [5, 5.41) is 0. The molecule has 0 saturated heterocycles. The van der Waals surface area contributed by atoms with E-state index in [0.717, 1.165) is 24.0 Å². The average Bonchev–Trinajstić information content (AvgIpc) is 2.38. The molecular formula is C15H23ClN2O. The van der Waals surface area contributed by atoms with Gasteiger partial charge in [-0.15, -0.1) is 19.0 Å². The van der Waals surface area contributed by atoms with Gasteiger partial charge in [-0.1, -0.05) is 35.9 Å². The number of benzene rings is 1. The van der Waals surface area contributed by atoms with Gasteiger partial charge >= 0.3 is 0 Å². The van der Waals surface area contributed by atoms with Gasteiger partial charge in [0.25, 0.3) is 0 Å². The van der Waals surface area contributed by atoms with Gasteiger partial charge in [0.05, 0.1) is 0 Å². The minimum Gasteiger partial charge on any atom is -0.344 e. The standard InChI is InChI=1S/C15H22N2O.ClH/c1-4-5-6-11-17(3)15(18)14(16)13-9-7-12(2)8-10-13;/h4,7-10,14H,1,5-6,11,16H2,2-3H3;1H. The van der Waals surface area contributed by atoms with Crippen molar-refractivity contribution < 1.29 is 4.79 Å². The highest BCUT2D eigenvalue weighted by molar-refractivity contribution is 5.85. The van der Waals surface area contributed by atoms with Crippen molar-refractivity contribution in [1.29, 1.82) is 0 Å². The minimum absolute atomic E-state index is 0. The van der Waals surface area contributed by atoms with Crippen LogP contribution in [0.1, 0.15) is 30.0 Å². The third-order valence-electron chi connectivity index (χ3n) is 2.98. The zero-order valence-corrected chi connectivity index (χ0v) is 12.5. The van der Waals surface area contributed by atoms with Gasteiger partial charge in [0.1, 0.15) is 6.04 Å². The fourth-order valence-electron chi connectivity index (χ4n) is 1.74. The van der Waals surface area contributed by atoms with Gasteiger partial charge in [-0.05, 0) is 25.3 Å². The zero-order chi connectivity index (χ0) is 13.5. The van der Waals surface area contributed by atoms with Crippen LogP contribution in [0.3, 0.4) is 0 Å². The molecule has 0 aliphatic carbocycles. The van der Waals surface area contributed by atoms with Crippen molar-refractivity contribution in [1.82, 2.24) is 4.90 Å². The first kappa shape index (κ1) is 17.7. The number of nitrogens with two attached hydrogens (primary N) is 1. The second-order valence-electron chi connectivity index (χ2n) is 4.58. The van der Waals surface area contributed by atoms with Crippen molar-refractivity contribution in [2.24, 2.45) is 5.73 Å². The van der Waals surface area contributed by atoms with E-state index >= 15 is 0 Å². The number of rotatable bonds is 6. The first-order valence-corrected chi connectivity index (χ1v) is 6.24. The number of allylic oxidation sites excluding steroid dienone is 1. The predicted octanol–water partition coefficient (Wildman–Crippen LogP) is 2.84. The molecule has 4 heteroatoms. The van der Waals surface area contributed by atoms with Crippen molar-refractivity contribution in [3.05, 3.63) is 48.0 Å². The lowest BCUT2D eigenvalue weighted by Crippen LogP contribution is -2.36. The third-order valence-corrected chi connectivity index (χ3v) is 2.98. The van der Waals surface area contributed by atoms with E-state index < -0.39 is 6.04 Å². The molecule has 2 N–H and O–H groups in total. The Morgan fingerprint density at radius 3 is 2.53 bits per heavy atom. The summed E-state index contributed by atoms with van der Waals surface area (Å²) >= 11 is 0. The van der Waals surface area contributed by atoms with E-state index in [1.807, 2.05) is 37.3 Å². The van der Waals surface area contributed by atoms with E-state index in [-0.39, 0.29) is 18.3 Å². The molecule has 0 fully saturated rings. The van der Waals surface area contributed by atoms with Crippen molar-refractivity contribution in [3.63, 3.8) is 0 Å². The van der Waals surface area contributed by atoms with Gasteiger partial charge in [0.15, 0.2) is 0 Å². The molecule has 1 aromatic carbocycles. The van der Waals surface area contributed by atoms with Crippen LogP contribution in [0.2, 0.25) is 0 Å². The van der Waals surface area contributed by atoms with Crippen molar-refractivity contribution >= 4 is 18.3 Å². The first-order chi connectivity index (χ1) is 8.56. The van der Waals surface area contributed by atoms with Crippen LogP contribution in [0.15, 0.2) is 36.9 Å². The number of aryl methyl sites for hydroxylation is 1. The van der Waals surface area contributed by atoms with E-state index in [1.54, 1.807) is 11.9 Å². The molecule has 0 heterocycles. The SMILES string of the molecule is C=CCCCN(C)C(=O)C(N)c1ccc(C)cc1.Cl. The minimum atomic E-state index is -0.570. The third kappa shape index (κ3) is 5.45. The molecule has 3 nitrogen and oxygen atoms in total. The highest BCUT2D eigenvalue weighted by Gasteiger charge is 2.19. The number of likely N-dealkylation sites (N-methyl/N-ethyl adjacent to an activating group) is 1. The highest BCUT2D eigenvalue weighted by atomic mass is 35.5. The number of carbonyl (C=O) groups is 1. The van der Waals surface area contributed by atoms with Crippen molar-refractivity contribution in [2.75, 3.05) is 13.6 Å². The number of hydrogen-bond donors (Lipinski definition) is 1. The van der Waals surface area contributed by atoms with Crippen molar-refractivity contribution in [2.45, 2.75) is 25.8 Å². The summed E-state index contributed by atoms with van der Waals surface area (Å²) in [5.74, 6) is -0.0390.